The van der Waals surface area contributed by atoms with E-state index in [1.807, 2.05) is 6.08 Å². The molecule has 0 saturated carbocycles. The Bertz CT molecular complexity index is 979. The van der Waals surface area contributed by atoms with E-state index >= 15 is 0 Å². The molecule has 11 nitrogen and oxygen atoms in total. The summed E-state index contributed by atoms with van der Waals surface area (Å²) in [6.07, 6.45) is 37.1. The van der Waals surface area contributed by atoms with Crippen LogP contribution in [0.3, 0.4) is 0 Å². The van der Waals surface area contributed by atoms with Crippen LogP contribution in [0.1, 0.15) is 206 Å². The maximum atomic E-state index is 12.6. The first kappa shape index (κ1) is 52.2. The first-order valence-corrected chi connectivity index (χ1v) is 23.2. The summed E-state index contributed by atoms with van der Waals surface area (Å²) >= 11 is 0. The fourth-order valence-electron chi connectivity index (χ4n) is 6.08. The van der Waals surface area contributed by atoms with Gasteiger partial charge in [-0.25, -0.2) is 4.57 Å². The van der Waals surface area contributed by atoms with Gasteiger partial charge in [-0.2, -0.15) is 0 Å². The molecule has 0 fully saturated rings. The Morgan fingerprint density at radius 2 is 0.963 bits per heavy atom. The molecule has 0 aromatic carbocycles. The van der Waals surface area contributed by atoms with Gasteiger partial charge >= 0.3 is 25.7 Å². The highest BCUT2D eigenvalue weighted by molar-refractivity contribution is 7.47. The van der Waals surface area contributed by atoms with E-state index < -0.39 is 51.1 Å². The van der Waals surface area contributed by atoms with Crippen molar-refractivity contribution in [3.8, 4) is 0 Å². The maximum absolute atomic E-state index is 12.6. The van der Waals surface area contributed by atoms with E-state index in [1.165, 1.54) is 135 Å². The number of ether oxygens (including phenoxy) is 2. The number of aliphatic carboxylic acids is 1. The topological polar surface area (TPSA) is 172 Å². The highest BCUT2D eigenvalue weighted by Crippen LogP contribution is 2.43. The average molecular weight is 790 g/mol. The molecule has 0 saturated heterocycles. The second-order valence-electron chi connectivity index (χ2n) is 14.8. The first-order chi connectivity index (χ1) is 26.1. The Balaban J connectivity index is 4.38. The van der Waals surface area contributed by atoms with Crippen LogP contribution in [0.2, 0.25) is 0 Å². The molecular formula is C42H80NO10P. The van der Waals surface area contributed by atoms with Gasteiger partial charge in [-0.05, 0) is 25.7 Å². The van der Waals surface area contributed by atoms with E-state index in [-0.39, 0.29) is 19.4 Å². The molecule has 0 aliphatic carbocycles. The van der Waals surface area contributed by atoms with E-state index in [2.05, 4.69) is 24.4 Å². The van der Waals surface area contributed by atoms with Crippen LogP contribution < -0.4 is 5.73 Å². The van der Waals surface area contributed by atoms with Crippen LogP contribution >= 0.6 is 7.82 Å². The van der Waals surface area contributed by atoms with Crippen molar-refractivity contribution >= 4 is 25.7 Å². The number of phosphoric ester groups is 1. The Labute approximate surface area is 328 Å². The summed E-state index contributed by atoms with van der Waals surface area (Å²) in [5.74, 6) is -2.42. The van der Waals surface area contributed by atoms with Crippen molar-refractivity contribution in [2.75, 3.05) is 19.8 Å². The smallest absolute Gasteiger partial charge is 0.472 e. The van der Waals surface area contributed by atoms with Gasteiger partial charge < -0.3 is 25.2 Å². The minimum absolute atomic E-state index is 0.143. The zero-order valence-corrected chi connectivity index (χ0v) is 35.2. The predicted molar refractivity (Wildman–Crippen MR) is 217 cm³/mol. The second-order valence-corrected chi connectivity index (χ2v) is 16.3. The molecule has 0 heterocycles. The van der Waals surface area contributed by atoms with Crippen molar-refractivity contribution in [3.05, 3.63) is 12.2 Å². The molecule has 0 radical (unpaired) electrons. The van der Waals surface area contributed by atoms with Crippen molar-refractivity contribution in [1.82, 2.24) is 0 Å². The second kappa shape index (κ2) is 38.1. The summed E-state index contributed by atoms with van der Waals surface area (Å²) in [4.78, 5) is 45.9. The first-order valence-electron chi connectivity index (χ1n) is 21.7. The fourth-order valence-corrected chi connectivity index (χ4v) is 6.86. The molecule has 3 unspecified atom stereocenters. The Morgan fingerprint density at radius 3 is 1.43 bits per heavy atom. The lowest BCUT2D eigenvalue weighted by Gasteiger charge is -2.20. The summed E-state index contributed by atoms with van der Waals surface area (Å²) in [7, 11) is -4.72. The maximum Gasteiger partial charge on any atom is 0.472 e. The summed E-state index contributed by atoms with van der Waals surface area (Å²) < 4.78 is 32.6. The summed E-state index contributed by atoms with van der Waals surface area (Å²) in [5.41, 5.74) is 5.33. The molecule has 0 rings (SSSR count). The standard InChI is InChI=1S/C42H80NO10P/c1-3-5-7-9-11-13-15-17-19-21-23-25-27-29-31-33-40(44)50-35-38(36-51-54(48,49)52-37-39(43)42(46)47)53-41(45)34-32-30-28-26-24-22-20-18-16-14-12-10-8-6-4-2/h27,29,38-39H,3-26,28,30-37,43H2,1-2H3,(H,46,47)(H,48,49)/b29-27-. The van der Waals surface area contributed by atoms with Gasteiger partial charge in [-0.3, -0.25) is 23.4 Å². The number of hydrogen-bond acceptors (Lipinski definition) is 9. The molecule has 0 amide bonds. The monoisotopic (exact) mass is 790 g/mol. The highest BCUT2D eigenvalue weighted by Gasteiger charge is 2.28. The van der Waals surface area contributed by atoms with Crippen LogP contribution in [0.5, 0.6) is 0 Å². The lowest BCUT2D eigenvalue weighted by Crippen LogP contribution is -2.34. The number of unbranched alkanes of at least 4 members (excludes halogenated alkanes) is 25. The lowest BCUT2D eigenvalue weighted by molar-refractivity contribution is -0.161. The highest BCUT2D eigenvalue weighted by atomic mass is 31.2. The molecule has 318 valence electrons. The summed E-state index contributed by atoms with van der Waals surface area (Å²) in [6.45, 7) is 2.78. The van der Waals surface area contributed by atoms with Crippen molar-refractivity contribution in [3.63, 3.8) is 0 Å². The average Bonchev–Trinajstić information content (AvgIpc) is 3.14. The van der Waals surface area contributed by atoms with Gasteiger partial charge in [0.1, 0.15) is 12.6 Å². The number of hydrogen-bond donors (Lipinski definition) is 3. The Hall–Kier alpha value is -1.78. The van der Waals surface area contributed by atoms with E-state index in [9.17, 15) is 23.8 Å². The van der Waals surface area contributed by atoms with Crippen LogP contribution in [0.25, 0.3) is 0 Å². The normalized spacial score (nSPS) is 13.9. The number of phosphoric acid groups is 1. The third-order valence-electron chi connectivity index (χ3n) is 9.53. The van der Waals surface area contributed by atoms with Crippen molar-refractivity contribution < 1.29 is 47.5 Å². The number of rotatable bonds is 41. The van der Waals surface area contributed by atoms with Crippen LogP contribution in [0.15, 0.2) is 12.2 Å². The van der Waals surface area contributed by atoms with E-state index in [0.717, 1.165) is 32.1 Å². The van der Waals surface area contributed by atoms with Gasteiger partial charge in [0.15, 0.2) is 6.10 Å². The zero-order chi connectivity index (χ0) is 40.0. The summed E-state index contributed by atoms with van der Waals surface area (Å²) in [5, 5.41) is 8.88. The van der Waals surface area contributed by atoms with Crippen LogP contribution in [0.4, 0.5) is 0 Å². The minimum atomic E-state index is -4.72. The molecule has 4 N–H and O–H groups in total. The molecule has 54 heavy (non-hydrogen) atoms. The quantitative estimate of drug-likeness (QED) is 0.0233. The molecule has 0 aromatic heterocycles. The number of carboxylic acid groups (broad SMARTS) is 1. The number of esters is 2. The van der Waals surface area contributed by atoms with Gasteiger partial charge in [0, 0.05) is 12.8 Å². The van der Waals surface area contributed by atoms with E-state index in [1.54, 1.807) is 0 Å². The summed E-state index contributed by atoms with van der Waals surface area (Å²) in [6, 6.07) is -1.52. The van der Waals surface area contributed by atoms with Gasteiger partial charge in [-0.15, -0.1) is 0 Å². The van der Waals surface area contributed by atoms with Gasteiger partial charge in [-0.1, -0.05) is 180 Å². The fraction of sp³-hybridized carbons (Fsp3) is 0.881. The van der Waals surface area contributed by atoms with Crippen LogP contribution in [-0.4, -0.2) is 59.9 Å². The minimum Gasteiger partial charge on any atom is -0.480 e. The Kier molecular flexibility index (Phi) is 36.9. The third kappa shape index (κ3) is 37.2. The number of carbonyl (C=O) groups excluding carboxylic acids is 2. The molecule has 0 bridgehead atoms. The lowest BCUT2D eigenvalue weighted by atomic mass is 10.0. The van der Waals surface area contributed by atoms with Gasteiger partial charge in [0.2, 0.25) is 0 Å². The van der Waals surface area contributed by atoms with Crippen molar-refractivity contribution in [1.29, 1.82) is 0 Å². The zero-order valence-electron chi connectivity index (χ0n) is 34.3. The SMILES string of the molecule is CCCCCCCCCCCCC/C=C\CCC(=O)OCC(COP(=O)(O)OCC(N)C(=O)O)OC(=O)CCCCCCCCCCCCCCCCC. The predicted octanol–water partition coefficient (Wildman–Crippen LogP) is 11.3. The number of carboxylic acids is 1. The molecule has 0 spiro atoms. The van der Waals surface area contributed by atoms with Gasteiger partial charge in [0.25, 0.3) is 0 Å². The molecule has 3 atom stereocenters. The number of carbonyl (C=O) groups is 3. The molecule has 0 aliphatic heterocycles. The largest absolute Gasteiger partial charge is 0.480 e. The molecule has 0 aliphatic rings. The number of nitrogens with two attached hydrogens (primary N) is 1. The third-order valence-corrected chi connectivity index (χ3v) is 10.5. The van der Waals surface area contributed by atoms with Crippen LogP contribution in [-0.2, 0) is 37.5 Å². The molecule has 0 aromatic rings. The molecular weight excluding hydrogens is 709 g/mol. The number of allylic oxidation sites excluding steroid dienone is 2. The Morgan fingerprint density at radius 1 is 0.556 bits per heavy atom. The van der Waals surface area contributed by atoms with Crippen LogP contribution in [0, 0.1) is 0 Å². The van der Waals surface area contributed by atoms with Crippen molar-refractivity contribution in [2.45, 2.75) is 219 Å². The van der Waals surface area contributed by atoms with Crippen molar-refractivity contribution in [2.24, 2.45) is 5.73 Å². The van der Waals surface area contributed by atoms with E-state index in [0.29, 0.717) is 12.8 Å². The van der Waals surface area contributed by atoms with Gasteiger partial charge in [0.05, 0.1) is 13.2 Å². The van der Waals surface area contributed by atoms with E-state index in [4.69, 9.17) is 24.8 Å². The molecule has 12 heteroatoms.